The summed E-state index contributed by atoms with van der Waals surface area (Å²) in [6, 6.07) is 3.97. The van der Waals surface area contributed by atoms with Gasteiger partial charge in [0.2, 0.25) is 10.0 Å². The SMILES string of the molecule is CC[C@H](C)NC(=O)c1ccc(Cl)c(S(N)(=O)=O)c1. The van der Waals surface area contributed by atoms with E-state index >= 15 is 0 Å². The van der Waals surface area contributed by atoms with Gasteiger partial charge >= 0.3 is 0 Å². The Kier molecular flexibility index (Phi) is 4.72. The molecule has 0 radical (unpaired) electrons. The second kappa shape index (κ2) is 5.69. The molecule has 0 aliphatic rings. The zero-order chi connectivity index (χ0) is 13.9. The quantitative estimate of drug-likeness (QED) is 0.881. The summed E-state index contributed by atoms with van der Waals surface area (Å²) in [5.74, 6) is -0.356. The van der Waals surface area contributed by atoms with Crippen molar-refractivity contribution >= 4 is 27.5 Å². The molecule has 5 nitrogen and oxygen atoms in total. The average Bonchev–Trinajstić information content (AvgIpc) is 2.27. The summed E-state index contributed by atoms with van der Waals surface area (Å²) in [6.45, 7) is 3.79. The molecule has 1 amide bonds. The lowest BCUT2D eigenvalue weighted by molar-refractivity contribution is 0.0939. The molecule has 1 rings (SSSR count). The van der Waals surface area contributed by atoms with Gasteiger partial charge in [0, 0.05) is 11.6 Å². The zero-order valence-corrected chi connectivity index (χ0v) is 11.7. The number of sulfonamides is 1. The Bertz CT molecular complexity index is 557. The van der Waals surface area contributed by atoms with E-state index in [2.05, 4.69) is 5.32 Å². The van der Waals surface area contributed by atoms with Crippen LogP contribution in [0.5, 0.6) is 0 Å². The van der Waals surface area contributed by atoms with E-state index in [1.54, 1.807) is 0 Å². The number of amides is 1. The van der Waals surface area contributed by atoms with E-state index in [1.165, 1.54) is 18.2 Å². The second-order valence-electron chi connectivity index (χ2n) is 3.97. The molecule has 3 N–H and O–H groups in total. The average molecular weight is 291 g/mol. The topological polar surface area (TPSA) is 89.3 Å². The van der Waals surface area contributed by atoms with Crippen molar-refractivity contribution in [3.8, 4) is 0 Å². The molecule has 1 aromatic carbocycles. The first-order valence-electron chi connectivity index (χ1n) is 5.39. The molecule has 0 spiro atoms. The first-order valence-corrected chi connectivity index (χ1v) is 7.31. The van der Waals surface area contributed by atoms with E-state index in [-0.39, 0.29) is 27.4 Å². The molecule has 7 heteroatoms. The van der Waals surface area contributed by atoms with Gasteiger partial charge in [0.15, 0.2) is 0 Å². The van der Waals surface area contributed by atoms with Crippen molar-refractivity contribution in [1.82, 2.24) is 5.32 Å². The lowest BCUT2D eigenvalue weighted by Crippen LogP contribution is -2.32. The van der Waals surface area contributed by atoms with Crippen molar-refractivity contribution in [2.75, 3.05) is 0 Å². The third kappa shape index (κ3) is 3.69. The monoisotopic (exact) mass is 290 g/mol. The Morgan fingerprint density at radius 3 is 2.61 bits per heavy atom. The molecule has 0 heterocycles. The predicted octanol–water partition coefficient (Wildman–Crippen LogP) is 1.52. The number of nitrogens with two attached hydrogens (primary N) is 1. The molecule has 1 atom stereocenters. The number of hydrogen-bond donors (Lipinski definition) is 2. The molecular formula is C11H15ClN2O3S. The predicted molar refractivity (Wildman–Crippen MR) is 70.0 cm³/mol. The lowest BCUT2D eigenvalue weighted by Gasteiger charge is -2.12. The van der Waals surface area contributed by atoms with Crippen LogP contribution in [0.4, 0.5) is 0 Å². The molecule has 0 saturated carbocycles. The Morgan fingerprint density at radius 2 is 2.11 bits per heavy atom. The molecule has 0 aliphatic heterocycles. The lowest BCUT2D eigenvalue weighted by atomic mass is 10.2. The highest BCUT2D eigenvalue weighted by Gasteiger charge is 2.16. The Hall–Kier alpha value is -1.11. The molecular weight excluding hydrogens is 276 g/mol. The Morgan fingerprint density at radius 1 is 1.50 bits per heavy atom. The number of primary sulfonamides is 1. The van der Waals surface area contributed by atoms with E-state index in [0.717, 1.165) is 6.42 Å². The summed E-state index contributed by atoms with van der Waals surface area (Å²) in [4.78, 5) is 11.6. The van der Waals surface area contributed by atoms with Crippen molar-refractivity contribution in [3.63, 3.8) is 0 Å². The maximum absolute atomic E-state index is 11.8. The van der Waals surface area contributed by atoms with Crippen molar-refractivity contribution in [3.05, 3.63) is 28.8 Å². The van der Waals surface area contributed by atoms with Gasteiger partial charge in [-0.05, 0) is 31.5 Å². The fourth-order valence-electron chi connectivity index (χ4n) is 1.27. The summed E-state index contributed by atoms with van der Waals surface area (Å²) in [5, 5.41) is 7.73. The van der Waals surface area contributed by atoms with Crippen molar-refractivity contribution in [2.24, 2.45) is 5.14 Å². The molecule has 0 unspecified atom stereocenters. The first kappa shape index (κ1) is 14.9. The minimum Gasteiger partial charge on any atom is -0.350 e. The minimum absolute atomic E-state index is 0.00223. The molecule has 0 aliphatic carbocycles. The maximum atomic E-state index is 11.8. The van der Waals surface area contributed by atoms with Crippen molar-refractivity contribution in [1.29, 1.82) is 0 Å². The number of carbonyl (C=O) groups is 1. The molecule has 100 valence electrons. The van der Waals surface area contributed by atoms with Crippen LogP contribution in [0.15, 0.2) is 23.1 Å². The molecule has 0 bridgehead atoms. The van der Waals surface area contributed by atoms with Crippen LogP contribution < -0.4 is 10.5 Å². The van der Waals surface area contributed by atoms with Crippen LogP contribution in [-0.2, 0) is 10.0 Å². The number of carbonyl (C=O) groups excluding carboxylic acids is 1. The van der Waals surface area contributed by atoms with Gasteiger partial charge in [-0.3, -0.25) is 4.79 Å². The minimum atomic E-state index is -3.94. The van der Waals surface area contributed by atoms with Crippen LogP contribution >= 0.6 is 11.6 Å². The molecule has 1 aromatic rings. The summed E-state index contributed by atoms with van der Waals surface area (Å²) >= 11 is 5.73. The highest BCUT2D eigenvalue weighted by molar-refractivity contribution is 7.89. The van der Waals surface area contributed by atoms with Crippen molar-refractivity contribution in [2.45, 2.75) is 31.2 Å². The van der Waals surface area contributed by atoms with Crippen LogP contribution in [0.1, 0.15) is 30.6 Å². The van der Waals surface area contributed by atoms with E-state index in [9.17, 15) is 13.2 Å². The number of nitrogens with one attached hydrogen (secondary N) is 1. The van der Waals surface area contributed by atoms with Gasteiger partial charge in [0.25, 0.3) is 5.91 Å². The number of hydrogen-bond acceptors (Lipinski definition) is 3. The third-order valence-electron chi connectivity index (χ3n) is 2.49. The summed E-state index contributed by atoms with van der Waals surface area (Å²) in [5.41, 5.74) is 0.212. The molecule has 0 fully saturated rings. The highest BCUT2D eigenvalue weighted by atomic mass is 35.5. The van der Waals surface area contributed by atoms with Crippen LogP contribution in [0, 0.1) is 0 Å². The van der Waals surface area contributed by atoms with Gasteiger partial charge < -0.3 is 5.32 Å². The molecule has 0 aromatic heterocycles. The smallest absolute Gasteiger partial charge is 0.251 e. The van der Waals surface area contributed by atoms with Crippen LogP contribution in [-0.4, -0.2) is 20.4 Å². The number of benzene rings is 1. The normalized spacial score (nSPS) is 13.1. The van der Waals surface area contributed by atoms with Gasteiger partial charge in [-0.15, -0.1) is 0 Å². The first-order chi connectivity index (χ1) is 8.25. The van der Waals surface area contributed by atoms with Gasteiger partial charge in [-0.25, -0.2) is 13.6 Å². The summed E-state index contributed by atoms with van der Waals surface area (Å²) in [6.07, 6.45) is 0.779. The van der Waals surface area contributed by atoms with Crippen molar-refractivity contribution < 1.29 is 13.2 Å². The fraction of sp³-hybridized carbons (Fsp3) is 0.364. The standard InChI is InChI=1S/C11H15ClN2O3S/c1-3-7(2)14-11(15)8-4-5-9(12)10(6-8)18(13,16)17/h4-7H,3H2,1-2H3,(H,14,15)(H2,13,16,17)/t7-/m0/s1. The summed E-state index contributed by atoms with van der Waals surface area (Å²) in [7, 11) is -3.94. The third-order valence-corrected chi connectivity index (χ3v) is 3.88. The van der Waals surface area contributed by atoms with Crippen LogP contribution in [0.3, 0.4) is 0 Å². The molecule has 18 heavy (non-hydrogen) atoms. The maximum Gasteiger partial charge on any atom is 0.251 e. The highest BCUT2D eigenvalue weighted by Crippen LogP contribution is 2.21. The van der Waals surface area contributed by atoms with E-state index in [0.29, 0.717) is 0 Å². The second-order valence-corrected chi connectivity index (χ2v) is 5.91. The van der Waals surface area contributed by atoms with Gasteiger partial charge in [-0.2, -0.15) is 0 Å². The van der Waals surface area contributed by atoms with Gasteiger partial charge in [0.1, 0.15) is 4.90 Å². The Labute approximate surface area is 111 Å². The summed E-state index contributed by atoms with van der Waals surface area (Å²) < 4.78 is 22.5. The van der Waals surface area contributed by atoms with E-state index < -0.39 is 10.0 Å². The van der Waals surface area contributed by atoms with Crippen LogP contribution in [0.25, 0.3) is 0 Å². The number of halogens is 1. The zero-order valence-electron chi connectivity index (χ0n) is 10.1. The Balaban J connectivity index is 3.10. The van der Waals surface area contributed by atoms with E-state index in [4.69, 9.17) is 16.7 Å². The fourth-order valence-corrected chi connectivity index (χ4v) is 2.34. The van der Waals surface area contributed by atoms with E-state index in [1.807, 2.05) is 13.8 Å². The number of rotatable bonds is 4. The largest absolute Gasteiger partial charge is 0.350 e. The molecule has 0 saturated heterocycles. The van der Waals surface area contributed by atoms with Crippen LogP contribution in [0.2, 0.25) is 5.02 Å². The van der Waals surface area contributed by atoms with Gasteiger partial charge in [0.05, 0.1) is 5.02 Å². The van der Waals surface area contributed by atoms with Gasteiger partial charge in [-0.1, -0.05) is 18.5 Å².